The van der Waals surface area contributed by atoms with Crippen molar-refractivity contribution < 1.29 is 9.59 Å². The van der Waals surface area contributed by atoms with Gasteiger partial charge in [-0.05, 0) is 30.9 Å². The first-order chi connectivity index (χ1) is 11.6. The molecule has 0 atom stereocenters. The minimum atomic E-state index is -0.259. The van der Waals surface area contributed by atoms with Gasteiger partial charge in [-0.15, -0.1) is 0 Å². The number of hydrazine groups is 1. The first-order valence-corrected chi connectivity index (χ1v) is 8.61. The Kier molecular flexibility index (Phi) is 5.13. The highest BCUT2D eigenvalue weighted by Crippen LogP contribution is 2.25. The van der Waals surface area contributed by atoms with Crippen LogP contribution in [-0.4, -0.2) is 21.4 Å². The number of fused-ring (bicyclic) bond motifs is 1. The van der Waals surface area contributed by atoms with E-state index >= 15 is 0 Å². The Morgan fingerprint density at radius 2 is 1.83 bits per heavy atom. The first kappa shape index (κ1) is 16.5. The molecule has 2 aromatic rings. The van der Waals surface area contributed by atoms with Gasteiger partial charge in [0, 0.05) is 13.5 Å². The molecule has 0 spiro atoms. The van der Waals surface area contributed by atoms with Crippen molar-refractivity contribution in [1.29, 1.82) is 0 Å². The van der Waals surface area contributed by atoms with Crippen LogP contribution in [0.1, 0.15) is 44.3 Å². The number of amides is 2. The predicted molar refractivity (Wildman–Crippen MR) is 91.9 cm³/mol. The van der Waals surface area contributed by atoms with E-state index in [1.807, 2.05) is 35.9 Å². The zero-order valence-corrected chi connectivity index (χ0v) is 14.0. The number of benzene rings is 1. The zero-order valence-electron chi connectivity index (χ0n) is 14.0. The molecule has 0 unspecified atom stereocenters. The molecule has 0 saturated heterocycles. The second-order valence-electron chi connectivity index (χ2n) is 6.56. The molecule has 0 radical (unpaired) electrons. The third-order valence-electron chi connectivity index (χ3n) is 4.74. The number of aryl methyl sites for hydroxylation is 1. The second-order valence-corrected chi connectivity index (χ2v) is 6.56. The molecule has 2 N–H and O–H groups in total. The Labute approximate surface area is 141 Å². The van der Waals surface area contributed by atoms with Gasteiger partial charge in [0.2, 0.25) is 11.8 Å². The van der Waals surface area contributed by atoms with Crippen molar-refractivity contribution in [1.82, 2.24) is 20.4 Å². The summed E-state index contributed by atoms with van der Waals surface area (Å²) in [6.45, 7) is 0. The van der Waals surface area contributed by atoms with E-state index in [2.05, 4.69) is 15.8 Å². The topological polar surface area (TPSA) is 76.0 Å². The number of imidazole rings is 1. The van der Waals surface area contributed by atoms with E-state index in [1.165, 1.54) is 19.3 Å². The van der Waals surface area contributed by atoms with Crippen molar-refractivity contribution in [3.05, 3.63) is 30.1 Å². The average molecular weight is 328 g/mol. The SMILES string of the molecule is Cn1c(CC(=O)NNC(=O)CC2CCCCC2)nc2ccccc21. The summed E-state index contributed by atoms with van der Waals surface area (Å²) in [6.07, 6.45) is 6.53. The molecule has 128 valence electrons. The lowest BCUT2D eigenvalue weighted by Gasteiger charge is -2.20. The van der Waals surface area contributed by atoms with Crippen LogP contribution < -0.4 is 10.9 Å². The highest BCUT2D eigenvalue weighted by Gasteiger charge is 2.17. The van der Waals surface area contributed by atoms with E-state index in [1.54, 1.807) is 0 Å². The van der Waals surface area contributed by atoms with Crippen molar-refractivity contribution in [2.24, 2.45) is 13.0 Å². The zero-order chi connectivity index (χ0) is 16.9. The highest BCUT2D eigenvalue weighted by atomic mass is 16.2. The number of hydrogen-bond donors (Lipinski definition) is 2. The third-order valence-corrected chi connectivity index (χ3v) is 4.74. The van der Waals surface area contributed by atoms with Gasteiger partial charge in [-0.2, -0.15) is 0 Å². The fraction of sp³-hybridized carbons (Fsp3) is 0.500. The summed E-state index contributed by atoms with van der Waals surface area (Å²) in [5.41, 5.74) is 6.88. The van der Waals surface area contributed by atoms with Crippen LogP contribution in [0.25, 0.3) is 11.0 Å². The number of nitrogens with zero attached hydrogens (tertiary/aromatic N) is 2. The van der Waals surface area contributed by atoms with Crippen molar-refractivity contribution in [3.63, 3.8) is 0 Å². The molecular formula is C18H24N4O2. The van der Waals surface area contributed by atoms with E-state index in [-0.39, 0.29) is 18.2 Å². The summed E-state index contributed by atoms with van der Waals surface area (Å²) in [5, 5.41) is 0. The largest absolute Gasteiger partial charge is 0.331 e. The molecule has 1 aromatic heterocycles. The maximum Gasteiger partial charge on any atom is 0.245 e. The molecule has 1 aromatic carbocycles. The number of carbonyl (C=O) groups is 2. The fourth-order valence-electron chi connectivity index (χ4n) is 3.39. The average Bonchev–Trinajstić information content (AvgIpc) is 2.90. The van der Waals surface area contributed by atoms with Crippen LogP contribution in [0.2, 0.25) is 0 Å². The highest BCUT2D eigenvalue weighted by molar-refractivity contribution is 5.84. The van der Waals surface area contributed by atoms with Gasteiger partial charge in [0.1, 0.15) is 5.82 Å². The molecule has 1 aliphatic carbocycles. The maximum atomic E-state index is 12.1. The van der Waals surface area contributed by atoms with Gasteiger partial charge in [-0.25, -0.2) is 4.98 Å². The van der Waals surface area contributed by atoms with E-state index < -0.39 is 0 Å². The molecule has 0 aliphatic heterocycles. The van der Waals surface area contributed by atoms with Gasteiger partial charge in [0.25, 0.3) is 0 Å². The van der Waals surface area contributed by atoms with Crippen LogP contribution in [0.5, 0.6) is 0 Å². The van der Waals surface area contributed by atoms with Crippen LogP contribution in [0, 0.1) is 5.92 Å². The molecule has 6 heteroatoms. The Morgan fingerprint density at radius 3 is 2.58 bits per heavy atom. The molecular weight excluding hydrogens is 304 g/mol. The Balaban J connectivity index is 1.49. The first-order valence-electron chi connectivity index (χ1n) is 8.61. The molecule has 1 fully saturated rings. The van der Waals surface area contributed by atoms with E-state index in [0.29, 0.717) is 18.2 Å². The van der Waals surface area contributed by atoms with Gasteiger partial charge in [0.05, 0.1) is 17.5 Å². The Hall–Kier alpha value is -2.37. The van der Waals surface area contributed by atoms with Crippen LogP contribution in [0.3, 0.4) is 0 Å². The van der Waals surface area contributed by atoms with Gasteiger partial charge in [-0.3, -0.25) is 20.4 Å². The number of para-hydroxylation sites is 2. The summed E-state index contributed by atoms with van der Waals surface area (Å²) in [4.78, 5) is 28.5. The lowest BCUT2D eigenvalue weighted by atomic mass is 9.87. The van der Waals surface area contributed by atoms with Gasteiger partial charge in [-0.1, -0.05) is 31.4 Å². The standard InChI is InChI=1S/C18H24N4O2/c1-22-15-10-6-5-9-14(15)19-16(22)12-18(24)21-20-17(23)11-13-7-3-2-4-8-13/h5-6,9-10,13H,2-4,7-8,11-12H2,1H3,(H,20,23)(H,21,24). The monoisotopic (exact) mass is 328 g/mol. The number of aromatic nitrogens is 2. The van der Waals surface area contributed by atoms with Gasteiger partial charge in [0.15, 0.2) is 0 Å². The van der Waals surface area contributed by atoms with E-state index in [9.17, 15) is 9.59 Å². The van der Waals surface area contributed by atoms with Crippen LogP contribution in [0.15, 0.2) is 24.3 Å². The maximum absolute atomic E-state index is 12.1. The third kappa shape index (κ3) is 3.93. The van der Waals surface area contributed by atoms with Crippen molar-refractivity contribution >= 4 is 22.8 Å². The molecule has 1 saturated carbocycles. The van der Waals surface area contributed by atoms with Crippen molar-refractivity contribution in [2.75, 3.05) is 0 Å². The van der Waals surface area contributed by atoms with E-state index in [0.717, 1.165) is 23.9 Å². The summed E-state index contributed by atoms with van der Waals surface area (Å²) in [6, 6.07) is 7.75. The summed E-state index contributed by atoms with van der Waals surface area (Å²) >= 11 is 0. The molecule has 1 heterocycles. The smallest absolute Gasteiger partial charge is 0.245 e. The van der Waals surface area contributed by atoms with Crippen molar-refractivity contribution in [2.45, 2.75) is 44.9 Å². The summed E-state index contributed by atoms with van der Waals surface area (Å²) in [7, 11) is 1.89. The lowest BCUT2D eigenvalue weighted by Crippen LogP contribution is -2.43. The van der Waals surface area contributed by atoms with Gasteiger partial charge >= 0.3 is 0 Å². The predicted octanol–water partition coefficient (Wildman–Crippen LogP) is 2.23. The normalized spacial score (nSPS) is 15.4. The molecule has 6 nitrogen and oxygen atoms in total. The fourth-order valence-corrected chi connectivity index (χ4v) is 3.39. The number of carbonyl (C=O) groups excluding carboxylic acids is 2. The second kappa shape index (κ2) is 7.47. The van der Waals surface area contributed by atoms with Crippen LogP contribution in [0.4, 0.5) is 0 Å². The Bertz CT molecular complexity index is 732. The van der Waals surface area contributed by atoms with Gasteiger partial charge < -0.3 is 4.57 Å². The molecule has 1 aliphatic rings. The van der Waals surface area contributed by atoms with Crippen molar-refractivity contribution in [3.8, 4) is 0 Å². The number of nitrogens with one attached hydrogen (secondary N) is 2. The minimum absolute atomic E-state index is 0.111. The number of hydrogen-bond acceptors (Lipinski definition) is 3. The Morgan fingerprint density at radius 1 is 1.12 bits per heavy atom. The van der Waals surface area contributed by atoms with E-state index in [4.69, 9.17) is 0 Å². The minimum Gasteiger partial charge on any atom is -0.331 e. The molecule has 24 heavy (non-hydrogen) atoms. The molecule has 2 amide bonds. The van der Waals surface area contributed by atoms with Crippen LogP contribution >= 0.6 is 0 Å². The van der Waals surface area contributed by atoms with Crippen LogP contribution in [-0.2, 0) is 23.1 Å². The summed E-state index contributed by atoms with van der Waals surface area (Å²) in [5.74, 6) is 0.761. The quantitative estimate of drug-likeness (QED) is 0.845. The summed E-state index contributed by atoms with van der Waals surface area (Å²) < 4.78 is 1.90. The molecule has 3 rings (SSSR count). The molecule has 0 bridgehead atoms. The number of rotatable bonds is 4. The lowest BCUT2D eigenvalue weighted by molar-refractivity contribution is -0.129.